The number of nitrogens with zero attached hydrogens (tertiary/aromatic N) is 4. The van der Waals surface area contributed by atoms with E-state index in [1.807, 2.05) is 19.9 Å². The van der Waals surface area contributed by atoms with Crippen LogP contribution in [0.25, 0.3) is 0 Å². The van der Waals surface area contributed by atoms with Gasteiger partial charge in [-0.2, -0.15) is 10.4 Å². The predicted octanol–water partition coefficient (Wildman–Crippen LogP) is 1.39. The van der Waals surface area contributed by atoms with Gasteiger partial charge < -0.3 is 0 Å². The monoisotopic (exact) mass is 152 g/mol. The smallest absolute Gasteiger partial charge is 0.137 e. The molecule has 0 saturated heterocycles. The Balaban J connectivity index is 0.000000461. The quantitative estimate of drug-likeness (QED) is 0.611. The SMILES string of the molecule is CC.CC(C#N)n1cncn1. The highest BCUT2D eigenvalue weighted by Crippen LogP contribution is 1.96. The van der Waals surface area contributed by atoms with Crippen molar-refractivity contribution in [2.45, 2.75) is 26.8 Å². The molecule has 0 aliphatic carbocycles. The van der Waals surface area contributed by atoms with Gasteiger partial charge in [-0.25, -0.2) is 9.67 Å². The summed E-state index contributed by atoms with van der Waals surface area (Å²) in [6.07, 6.45) is 2.93. The Labute approximate surface area is 66.5 Å². The van der Waals surface area contributed by atoms with Crippen LogP contribution in [0.3, 0.4) is 0 Å². The third kappa shape index (κ3) is 2.80. The fraction of sp³-hybridized carbons (Fsp3) is 0.571. The van der Waals surface area contributed by atoms with Crippen molar-refractivity contribution in [3.8, 4) is 6.07 Å². The molecule has 60 valence electrons. The first-order valence-corrected chi connectivity index (χ1v) is 3.58. The topological polar surface area (TPSA) is 54.5 Å². The molecule has 1 aromatic rings. The van der Waals surface area contributed by atoms with Gasteiger partial charge in [-0.15, -0.1) is 0 Å². The van der Waals surface area contributed by atoms with Gasteiger partial charge in [-0.05, 0) is 6.92 Å². The highest BCUT2D eigenvalue weighted by Gasteiger charge is 1.99. The van der Waals surface area contributed by atoms with Crippen LogP contribution in [0.2, 0.25) is 0 Å². The molecule has 1 rings (SSSR count). The summed E-state index contributed by atoms with van der Waals surface area (Å²) in [6, 6.07) is 1.81. The molecule has 0 spiro atoms. The summed E-state index contributed by atoms with van der Waals surface area (Å²) in [5.41, 5.74) is 0. The Morgan fingerprint density at radius 2 is 2.18 bits per heavy atom. The standard InChI is InChI=1S/C5H6N4.C2H6/c1-5(2-6)9-4-7-3-8-9;1-2/h3-5H,1H3;1-2H3. The van der Waals surface area contributed by atoms with Crippen LogP contribution in [0.5, 0.6) is 0 Å². The van der Waals surface area contributed by atoms with Crippen molar-refractivity contribution in [3.63, 3.8) is 0 Å². The van der Waals surface area contributed by atoms with Gasteiger partial charge in [-0.3, -0.25) is 0 Å². The van der Waals surface area contributed by atoms with E-state index in [0.717, 1.165) is 0 Å². The van der Waals surface area contributed by atoms with Crippen molar-refractivity contribution in [1.29, 1.82) is 5.26 Å². The zero-order valence-corrected chi connectivity index (χ0v) is 7.02. The van der Waals surface area contributed by atoms with Gasteiger partial charge in [0.05, 0.1) is 6.07 Å². The van der Waals surface area contributed by atoms with Gasteiger partial charge in [0.25, 0.3) is 0 Å². The summed E-state index contributed by atoms with van der Waals surface area (Å²) in [6.45, 7) is 5.76. The summed E-state index contributed by atoms with van der Waals surface area (Å²) in [5.74, 6) is 0. The molecule has 1 atom stereocenters. The summed E-state index contributed by atoms with van der Waals surface area (Å²) < 4.78 is 1.50. The van der Waals surface area contributed by atoms with E-state index in [1.165, 1.54) is 17.3 Å². The fourth-order valence-corrected chi connectivity index (χ4v) is 0.477. The molecule has 0 fully saturated rings. The van der Waals surface area contributed by atoms with Crippen LogP contribution in [0.1, 0.15) is 26.8 Å². The second-order valence-electron chi connectivity index (χ2n) is 1.68. The highest BCUT2D eigenvalue weighted by atomic mass is 15.3. The molecule has 0 bridgehead atoms. The second kappa shape index (κ2) is 5.42. The third-order valence-corrected chi connectivity index (χ3v) is 1.02. The number of aromatic nitrogens is 3. The molecule has 0 aliphatic rings. The lowest BCUT2D eigenvalue weighted by Gasteiger charge is -1.97. The van der Waals surface area contributed by atoms with Crippen LogP contribution >= 0.6 is 0 Å². The van der Waals surface area contributed by atoms with Gasteiger partial charge in [0.1, 0.15) is 18.7 Å². The Morgan fingerprint density at radius 3 is 2.55 bits per heavy atom. The van der Waals surface area contributed by atoms with Crippen LogP contribution in [0.4, 0.5) is 0 Å². The molecule has 0 aliphatic heterocycles. The molecule has 1 aromatic heterocycles. The van der Waals surface area contributed by atoms with Crippen molar-refractivity contribution in [3.05, 3.63) is 12.7 Å². The Hall–Kier alpha value is -1.37. The van der Waals surface area contributed by atoms with Gasteiger partial charge >= 0.3 is 0 Å². The molecular weight excluding hydrogens is 140 g/mol. The van der Waals surface area contributed by atoms with Crippen molar-refractivity contribution < 1.29 is 0 Å². The first-order chi connectivity index (χ1) is 5.34. The van der Waals surface area contributed by atoms with Crippen LogP contribution in [0, 0.1) is 11.3 Å². The Morgan fingerprint density at radius 1 is 1.55 bits per heavy atom. The van der Waals surface area contributed by atoms with E-state index in [4.69, 9.17) is 5.26 Å². The third-order valence-electron chi connectivity index (χ3n) is 1.02. The zero-order valence-electron chi connectivity index (χ0n) is 7.02. The number of hydrogen-bond donors (Lipinski definition) is 0. The van der Waals surface area contributed by atoms with E-state index in [9.17, 15) is 0 Å². The first-order valence-electron chi connectivity index (χ1n) is 3.58. The highest BCUT2D eigenvalue weighted by molar-refractivity contribution is 4.83. The summed E-state index contributed by atoms with van der Waals surface area (Å²) in [4.78, 5) is 3.69. The number of hydrogen-bond acceptors (Lipinski definition) is 3. The maximum Gasteiger partial charge on any atom is 0.137 e. The molecular formula is C7H12N4. The minimum atomic E-state index is -0.215. The minimum absolute atomic E-state index is 0.215. The maximum absolute atomic E-state index is 8.37. The normalized spacial score (nSPS) is 10.7. The van der Waals surface area contributed by atoms with E-state index in [1.54, 1.807) is 6.92 Å². The van der Waals surface area contributed by atoms with E-state index in [2.05, 4.69) is 10.1 Å². The van der Waals surface area contributed by atoms with Crippen LogP contribution in [-0.4, -0.2) is 14.8 Å². The van der Waals surface area contributed by atoms with Crippen molar-refractivity contribution in [2.24, 2.45) is 0 Å². The van der Waals surface area contributed by atoms with E-state index < -0.39 is 0 Å². The summed E-state index contributed by atoms with van der Waals surface area (Å²) >= 11 is 0. The van der Waals surface area contributed by atoms with E-state index in [0.29, 0.717) is 0 Å². The van der Waals surface area contributed by atoms with Gasteiger partial charge in [0, 0.05) is 0 Å². The van der Waals surface area contributed by atoms with Crippen molar-refractivity contribution in [1.82, 2.24) is 14.8 Å². The molecule has 1 heterocycles. The molecule has 1 unspecified atom stereocenters. The predicted molar refractivity (Wildman–Crippen MR) is 41.7 cm³/mol. The van der Waals surface area contributed by atoms with Crippen LogP contribution in [-0.2, 0) is 0 Å². The van der Waals surface area contributed by atoms with Crippen LogP contribution in [0.15, 0.2) is 12.7 Å². The number of nitriles is 1. The van der Waals surface area contributed by atoms with E-state index in [-0.39, 0.29) is 6.04 Å². The fourth-order valence-electron chi connectivity index (χ4n) is 0.477. The molecule has 4 nitrogen and oxygen atoms in total. The minimum Gasteiger partial charge on any atom is -0.236 e. The lowest BCUT2D eigenvalue weighted by Crippen LogP contribution is -2.01. The maximum atomic E-state index is 8.37. The Kier molecular flexibility index (Phi) is 4.74. The largest absolute Gasteiger partial charge is 0.236 e. The van der Waals surface area contributed by atoms with Gasteiger partial charge in [0.2, 0.25) is 0 Å². The van der Waals surface area contributed by atoms with Crippen molar-refractivity contribution >= 4 is 0 Å². The molecule has 0 amide bonds. The molecule has 4 heteroatoms. The second-order valence-corrected chi connectivity index (χ2v) is 1.68. The molecule has 0 saturated carbocycles. The first kappa shape index (κ1) is 9.63. The van der Waals surface area contributed by atoms with E-state index >= 15 is 0 Å². The Bertz CT molecular complexity index is 209. The molecule has 0 N–H and O–H groups in total. The summed E-state index contributed by atoms with van der Waals surface area (Å²) in [5, 5.41) is 12.1. The number of rotatable bonds is 1. The molecule has 0 radical (unpaired) electrons. The average molecular weight is 152 g/mol. The van der Waals surface area contributed by atoms with Crippen LogP contribution < -0.4 is 0 Å². The van der Waals surface area contributed by atoms with Crippen molar-refractivity contribution in [2.75, 3.05) is 0 Å². The van der Waals surface area contributed by atoms with Gasteiger partial charge in [-0.1, -0.05) is 13.8 Å². The lowest BCUT2D eigenvalue weighted by molar-refractivity contribution is 0.589. The average Bonchev–Trinajstić information content (AvgIpc) is 2.59. The molecule has 0 aromatic carbocycles. The summed E-state index contributed by atoms with van der Waals surface area (Å²) in [7, 11) is 0. The molecule has 11 heavy (non-hydrogen) atoms. The van der Waals surface area contributed by atoms with Gasteiger partial charge in [0.15, 0.2) is 0 Å². The lowest BCUT2D eigenvalue weighted by atomic mass is 10.4. The zero-order chi connectivity index (χ0) is 8.69.